The molecule has 0 aliphatic heterocycles. The van der Waals surface area contributed by atoms with Gasteiger partial charge in [-0.1, -0.05) is 29.5 Å². The molecule has 0 spiro atoms. The standard InChI is InChI=1S/C8H5NOS/c10-8-9-7-4-2-1-3-6(7)5-11-8/h1-5H. The fraction of sp³-hybridized carbons (Fsp3) is 0. The van der Waals surface area contributed by atoms with Gasteiger partial charge in [0.25, 0.3) is 0 Å². The Morgan fingerprint density at radius 2 is 2.09 bits per heavy atom. The minimum atomic E-state index is -0.135. The highest BCUT2D eigenvalue weighted by molar-refractivity contribution is 7.07. The van der Waals surface area contributed by atoms with E-state index in [-0.39, 0.29) is 4.87 Å². The second kappa shape index (κ2) is 2.43. The molecule has 1 heterocycles. The molecule has 2 nitrogen and oxygen atoms in total. The average molecular weight is 163 g/mol. The summed E-state index contributed by atoms with van der Waals surface area (Å²) in [5, 5.41) is 2.85. The minimum Gasteiger partial charge on any atom is -0.255 e. The summed E-state index contributed by atoms with van der Waals surface area (Å²) in [5.74, 6) is 0. The molecule has 0 saturated carbocycles. The quantitative estimate of drug-likeness (QED) is 0.591. The molecule has 1 aromatic carbocycles. The number of benzene rings is 1. The molecule has 0 N–H and O–H groups in total. The van der Waals surface area contributed by atoms with E-state index >= 15 is 0 Å². The molecule has 0 unspecified atom stereocenters. The van der Waals surface area contributed by atoms with Crippen LogP contribution in [0.5, 0.6) is 0 Å². The monoisotopic (exact) mass is 163 g/mol. The highest BCUT2D eigenvalue weighted by Gasteiger charge is 1.91. The van der Waals surface area contributed by atoms with Crippen molar-refractivity contribution in [2.75, 3.05) is 0 Å². The fourth-order valence-electron chi connectivity index (χ4n) is 0.928. The minimum absolute atomic E-state index is 0.135. The van der Waals surface area contributed by atoms with Crippen LogP contribution in [0.4, 0.5) is 0 Å². The topological polar surface area (TPSA) is 30.0 Å². The Morgan fingerprint density at radius 1 is 1.27 bits per heavy atom. The summed E-state index contributed by atoms with van der Waals surface area (Å²) in [7, 11) is 0. The highest BCUT2D eigenvalue weighted by Crippen LogP contribution is 2.08. The summed E-state index contributed by atoms with van der Waals surface area (Å²) in [6, 6.07) is 7.59. The van der Waals surface area contributed by atoms with E-state index < -0.39 is 0 Å². The fourth-order valence-corrected chi connectivity index (χ4v) is 1.51. The van der Waals surface area contributed by atoms with Crippen molar-refractivity contribution >= 4 is 22.2 Å². The number of para-hydroxylation sites is 1. The number of rotatable bonds is 0. The molecule has 0 atom stereocenters. The molecule has 0 aliphatic carbocycles. The first-order valence-electron chi connectivity index (χ1n) is 3.21. The maximum absolute atomic E-state index is 10.8. The summed E-state index contributed by atoms with van der Waals surface area (Å²) in [5.41, 5.74) is 0.774. The van der Waals surface area contributed by atoms with Gasteiger partial charge < -0.3 is 0 Å². The molecule has 11 heavy (non-hydrogen) atoms. The smallest absolute Gasteiger partial charge is 0.255 e. The lowest BCUT2D eigenvalue weighted by Crippen LogP contribution is -1.97. The van der Waals surface area contributed by atoms with Crippen LogP contribution in [0.3, 0.4) is 0 Å². The predicted molar refractivity (Wildman–Crippen MR) is 45.9 cm³/mol. The third-order valence-corrected chi connectivity index (χ3v) is 2.10. The second-order valence-electron chi connectivity index (χ2n) is 2.17. The van der Waals surface area contributed by atoms with Crippen LogP contribution in [0, 0.1) is 0 Å². The average Bonchev–Trinajstić information content (AvgIpc) is 2.04. The van der Waals surface area contributed by atoms with Gasteiger partial charge in [-0.2, -0.15) is 4.98 Å². The van der Waals surface area contributed by atoms with Gasteiger partial charge in [0.15, 0.2) is 0 Å². The SMILES string of the molecule is O=c1nc2ccccc2cs1. The van der Waals surface area contributed by atoms with E-state index in [1.54, 1.807) is 0 Å². The van der Waals surface area contributed by atoms with Crippen LogP contribution >= 0.6 is 11.3 Å². The van der Waals surface area contributed by atoms with Crippen LogP contribution in [0.1, 0.15) is 0 Å². The lowest BCUT2D eigenvalue weighted by atomic mass is 10.3. The zero-order chi connectivity index (χ0) is 7.68. The van der Waals surface area contributed by atoms with Gasteiger partial charge in [0.05, 0.1) is 5.52 Å². The largest absolute Gasteiger partial charge is 0.326 e. The van der Waals surface area contributed by atoms with E-state index in [4.69, 9.17) is 0 Å². The Kier molecular flexibility index (Phi) is 1.43. The van der Waals surface area contributed by atoms with E-state index in [0.717, 1.165) is 22.2 Å². The van der Waals surface area contributed by atoms with Crippen molar-refractivity contribution in [1.82, 2.24) is 4.98 Å². The van der Waals surface area contributed by atoms with Gasteiger partial charge in [0.2, 0.25) is 0 Å². The van der Waals surface area contributed by atoms with Crippen molar-refractivity contribution < 1.29 is 0 Å². The number of hydrogen-bond acceptors (Lipinski definition) is 3. The van der Waals surface area contributed by atoms with Gasteiger partial charge >= 0.3 is 4.87 Å². The first-order chi connectivity index (χ1) is 5.36. The van der Waals surface area contributed by atoms with Crippen molar-refractivity contribution in [2.24, 2.45) is 0 Å². The van der Waals surface area contributed by atoms with E-state index in [0.29, 0.717) is 0 Å². The predicted octanol–water partition coefficient (Wildman–Crippen LogP) is 1.66. The lowest BCUT2D eigenvalue weighted by molar-refractivity contribution is 1.39. The molecular formula is C8H5NOS. The van der Waals surface area contributed by atoms with E-state index in [2.05, 4.69) is 4.98 Å². The van der Waals surface area contributed by atoms with Crippen molar-refractivity contribution in [1.29, 1.82) is 0 Å². The van der Waals surface area contributed by atoms with Gasteiger partial charge in [-0.15, -0.1) is 0 Å². The molecule has 0 radical (unpaired) electrons. The van der Waals surface area contributed by atoms with Gasteiger partial charge in [-0.05, 0) is 6.07 Å². The Bertz CT molecular complexity index is 435. The van der Waals surface area contributed by atoms with Crippen molar-refractivity contribution in [3.05, 3.63) is 39.3 Å². The Labute approximate surface area is 67.1 Å². The molecule has 0 saturated heterocycles. The molecule has 0 amide bonds. The molecule has 54 valence electrons. The Hall–Kier alpha value is -1.22. The molecular weight excluding hydrogens is 158 g/mol. The van der Waals surface area contributed by atoms with Crippen molar-refractivity contribution in [3.63, 3.8) is 0 Å². The molecule has 3 heteroatoms. The molecule has 0 fully saturated rings. The molecule has 0 bridgehead atoms. The van der Waals surface area contributed by atoms with Crippen LogP contribution in [0.15, 0.2) is 34.4 Å². The summed E-state index contributed by atoms with van der Waals surface area (Å²) in [6.07, 6.45) is 0. The maximum atomic E-state index is 10.8. The van der Waals surface area contributed by atoms with Crippen LogP contribution in [-0.2, 0) is 0 Å². The van der Waals surface area contributed by atoms with Crippen LogP contribution in [0.2, 0.25) is 0 Å². The van der Waals surface area contributed by atoms with Crippen LogP contribution < -0.4 is 4.87 Å². The third-order valence-electron chi connectivity index (χ3n) is 1.44. The molecule has 1 aromatic heterocycles. The number of fused-ring (bicyclic) bond motifs is 1. The molecule has 0 aliphatic rings. The number of nitrogens with zero attached hydrogens (tertiary/aromatic N) is 1. The maximum Gasteiger partial charge on any atom is 0.326 e. The van der Waals surface area contributed by atoms with Crippen LogP contribution in [0.25, 0.3) is 10.9 Å². The zero-order valence-corrected chi connectivity index (χ0v) is 6.47. The van der Waals surface area contributed by atoms with Crippen molar-refractivity contribution in [3.8, 4) is 0 Å². The highest BCUT2D eigenvalue weighted by atomic mass is 32.1. The second-order valence-corrected chi connectivity index (χ2v) is 2.99. The van der Waals surface area contributed by atoms with E-state index in [1.807, 2.05) is 29.6 Å². The third kappa shape index (κ3) is 1.14. The summed E-state index contributed by atoms with van der Waals surface area (Å²) < 4.78 is 0. The summed E-state index contributed by atoms with van der Waals surface area (Å²) >= 11 is 1.13. The van der Waals surface area contributed by atoms with Gasteiger partial charge in [0.1, 0.15) is 0 Å². The lowest BCUT2D eigenvalue weighted by Gasteiger charge is -1.90. The molecule has 2 rings (SSSR count). The number of aromatic nitrogens is 1. The summed E-state index contributed by atoms with van der Waals surface area (Å²) in [6.45, 7) is 0. The summed E-state index contributed by atoms with van der Waals surface area (Å²) in [4.78, 5) is 14.5. The van der Waals surface area contributed by atoms with Crippen LogP contribution in [-0.4, -0.2) is 4.98 Å². The first kappa shape index (κ1) is 6.49. The van der Waals surface area contributed by atoms with Crippen molar-refractivity contribution in [2.45, 2.75) is 0 Å². The molecule has 2 aromatic rings. The first-order valence-corrected chi connectivity index (χ1v) is 4.09. The normalized spacial score (nSPS) is 10.2. The Balaban J connectivity index is 2.94. The van der Waals surface area contributed by atoms with Gasteiger partial charge in [-0.25, -0.2) is 0 Å². The number of hydrogen-bond donors (Lipinski definition) is 0. The van der Waals surface area contributed by atoms with Gasteiger partial charge in [-0.3, -0.25) is 4.79 Å². The Morgan fingerprint density at radius 3 is 3.00 bits per heavy atom. The van der Waals surface area contributed by atoms with E-state index in [9.17, 15) is 4.79 Å². The van der Waals surface area contributed by atoms with Gasteiger partial charge in [0, 0.05) is 10.8 Å². The van der Waals surface area contributed by atoms with E-state index in [1.165, 1.54) is 0 Å². The zero-order valence-electron chi connectivity index (χ0n) is 5.65.